The largest absolute Gasteiger partial charge is 0.482 e. The van der Waals surface area contributed by atoms with Gasteiger partial charge in [-0.1, -0.05) is 25.1 Å². The van der Waals surface area contributed by atoms with E-state index in [2.05, 4.69) is 5.32 Å². The fraction of sp³-hybridized carbons (Fsp3) is 0.263. The number of benzene rings is 2. The zero-order valence-corrected chi connectivity index (χ0v) is 14.2. The molecule has 2 N–H and O–H groups in total. The molecule has 1 atom stereocenters. The smallest absolute Gasteiger partial charge is 0.341 e. The molecule has 0 saturated heterocycles. The number of ether oxygens (including phenoxy) is 1. The highest BCUT2D eigenvalue weighted by molar-refractivity contribution is 5.76. The molecule has 5 nitrogen and oxygen atoms in total. The van der Waals surface area contributed by atoms with Gasteiger partial charge in [0.05, 0.1) is 0 Å². The van der Waals surface area contributed by atoms with E-state index in [9.17, 15) is 18.4 Å². The third kappa shape index (κ3) is 5.84. The molecule has 0 fully saturated rings. The number of carbonyl (C=O) groups excluding carboxylic acids is 1. The summed E-state index contributed by atoms with van der Waals surface area (Å²) in [6, 6.07) is 10.00. The van der Waals surface area contributed by atoms with Crippen LogP contribution in [0.25, 0.3) is 0 Å². The van der Waals surface area contributed by atoms with Crippen LogP contribution in [0.4, 0.5) is 8.78 Å². The molecule has 0 aliphatic heterocycles. The Morgan fingerprint density at radius 3 is 2.65 bits per heavy atom. The molecule has 1 unspecified atom stereocenters. The minimum absolute atomic E-state index is 0.0533. The maximum absolute atomic E-state index is 13.7. The first-order valence-electron chi connectivity index (χ1n) is 8.00. The summed E-state index contributed by atoms with van der Waals surface area (Å²) in [6.07, 6.45) is 0.0533. The monoisotopic (exact) mass is 363 g/mol. The SMILES string of the molecule is CC(CC(=O)NCc1cccc(OCC(=O)O)c1)c1ccc(F)cc1F. The van der Waals surface area contributed by atoms with Crippen molar-refractivity contribution in [1.82, 2.24) is 5.32 Å². The normalized spacial score (nSPS) is 11.7. The zero-order chi connectivity index (χ0) is 19.1. The Kier molecular flexibility index (Phi) is 6.66. The van der Waals surface area contributed by atoms with Crippen LogP contribution in [0.3, 0.4) is 0 Å². The minimum Gasteiger partial charge on any atom is -0.482 e. The molecule has 0 aliphatic carbocycles. The minimum atomic E-state index is -1.08. The maximum Gasteiger partial charge on any atom is 0.341 e. The van der Waals surface area contributed by atoms with Crippen molar-refractivity contribution in [2.75, 3.05) is 6.61 Å². The number of halogens is 2. The summed E-state index contributed by atoms with van der Waals surface area (Å²) in [5.41, 5.74) is 1.02. The van der Waals surface area contributed by atoms with Gasteiger partial charge in [-0.05, 0) is 35.2 Å². The maximum atomic E-state index is 13.7. The summed E-state index contributed by atoms with van der Waals surface area (Å²) in [5, 5.41) is 11.3. The van der Waals surface area contributed by atoms with Crippen LogP contribution in [0.5, 0.6) is 5.75 Å². The highest BCUT2D eigenvalue weighted by atomic mass is 19.1. The van der Waals surface area contributed by atoms with E-state index < -0.39 is 30.1 Å². The fourth-order valence-corrected chi connectivity index (χ4v) is 2.45. The molecule has 2 aromatic carbocycles. The van der Waals surface area contributed by atoms with E-state index in [0.29, 0.717) is 5.75 Å². The number of rotatable bonds is 8. The van der Waals surface area contributed by atoms with Gasteiger partial charge in [-0.2, -0.15) is 0 Å². The van der Waals surface area contributed by atoms with Crippen molar-refractivity contribution in [3.05, 3.63) is 65.2 Å². The van der Waals surface area contributed by atoms with Crippen molar-refractivity contribution in [2.24, 2.45) is 0 Å². The quantitative estimate of drug-likeness (QED) is 0.755. The molecule has 0 aromatic heterocycles. The summed E-state index contributed by atoms with van der Waals surface area (Å²) < 4.78 is 31.8. The van der Waals surface area contributed by atoms with E-state index >= 15 is 0 Å². The summed E-state index contributed by atoms with van der Waals surface area (Å²) >= 11 is 0. The second kappa shape index (κ2) is 8.94. The molecule has 0 saturated carbocycles. The molecular weight excluding hydrogens is 344 g/mol. The zero-order valence-electron chi connectivity index (χ0n) is 14.2. The van der Waals surface area contributed by atoms with Crippen LogP contribution in [-0.4, -0.2) is 23.6 Å². The Labute approximate surface area is 149 Å². The molecule has 26 heavy (non-hydrogen) atoms. The van der Waals surface area contributed by atoms with Crippen LogP contribution in [0.1, 0.15) is 30.4 Å². The number of aliphatic carboxylic acids is 1. The van der Waals surface area contributed by atoms with Gasteiger partial charge in [0.2, 0.25) is 5.91 Å². The van der Waals surface area contributed by atoms with Crippen molar-refractivity contribution >= 4 is 11.9 Å². The van der Waals surface area contributed by atoms with Crippen LogP contribution in [0.2, 0.25) is 0 Å². The lowest BCUT2D eigenvalue weighted by Gasteiger charge is -2.13. The van der Waals surface area contributed by atoms with Crippen molar-refractivity contribution < 1.29 is 28.2 Å². The fourth-order valence-electron chi connectivity index (χ4n) is 2.45. The number of hydrogen-bond acceptors (Lipinski definition) is 3. The standard InChI is InChI=1S/C19H19F2NO4/c1-12(16-6-5-14(20)9-17(16)21)7-18(23)22-10-13-3-2-4-15(8-13)26-11-19(24)25/h2-6,8-9,12H,7,10-11H2,1H3,(H,22,23)(H,24,25). The third-order valence-electron chi connectivity index (χ3n) is 3.74. The van der Waals surface area contributed by atoms with Gasteiger partial charge in [0.25, 0.3) is 0 Å². The molecule has 0 radical (unpaired) electrons. The first-order valence-corrected chi connectivity index (χ1v) is 8.00. The van der Waals surface area contributed by atoms with E-state index in [1.165, 1.54) is 6.07 Å². The van der Waals surface area contributed by atoms with Crippen LogP contribution >= 0.6 is 0 Å². The summed E-state index contributed by atoms with van der Waals surface area (Å²) in [6.45, 7) is 1.47. The molecule has 0 spiro atoms. The Morgan fingerprint density at radius 1 is 1.19 bits per heavy atom. The lowest BCUT2D eigenvalue weighted by molar-refractivity contribution is -0.139. The molecule has 0 bridgehead atoms. The Balaban J connectivity index is 1.88. The third-order valence-corrected chi connectivity index (χ3v) is 3.74. The summed E-state index contributed by atoms with van der Waals surface area (Å²) in [7, 11) is 0. The van der Waals surface area contributed by atoms with Crippen LogP contribution in [0, 0.1) is 11.6 Å². The first-order chi connectivity index (χ1) is 12.3. The van der Waals surface area contributed by atoms with E-state index in [4.69, 9.17) is 9.84 Å². The highest BCUT2D eigenvalue weighted by Gasteiger charge is 2.15. The number of hydrogen-bond donors (Lipinski definition) is 2. The number of carboxylic acids is 1. The lowest BCUT2D eigenvalue weighted by atomic mass is 9.97. The molecule has 0 heterocycles. The molecule has 7 heteroatoms. The van der Waals surface area contributed by atoms with Crippen molar-refractivity contribution in [3.8, 4) is 5.75 Å². The Bertz CT molecular complexity index is 795. The van der Waals surface area contributed by atoms with Gasteiger partial charge < -0.3 is 15.2 Å². The van der Waals surface area contributed by atoms with Gasteiger partial charge in [-0.15, -0.1) is 0 Å². The van der Waals surface area contributed by atoms with Gasteiger partial charge in [-0.25, -0.2) is 13.6 Å². The number of carboxylic acid groups (broad SMARTS) is 1. The predicted octanol–water partition coefficient (Wildman–Crippen LogP) is 3.24. The van der Waals surface area contributed by atoms with Gasteiger partial charge in [-0.3, -0.25) is 4.79 Å². The first kappa shape index (κ1) is 19.4. The summed E-state index contributed by atoms with van der Waals surface area (Å²) in [4.78, 5) is 22.6. The molecule has 1 amide bonds. The molecule has 2 aromatic rings. The number of carbonyl (C=O) groups is 2. The average Bonchev–Trinajstić information content (AvgIpc) is 2.58. The molecular formula is C19H19F2NO4. The van der Waals surface area contributed by atoms with Crippen LogP contribution in [-0.2, 0) is 16.1 Å². The van der Waals surface area contributed by atoms with Crippen LogP contribution < -0.4 is 10.1 Å². The number of nitrogens with one attached hydrogen (secondary N) is 1. The van der Waals surface area contributed by atoms with Gasteiger partial charge in [0.1, 0.15) is 17.4 Å². The van der Waals surface area contributed by atoms with E-state index in [-0.39, 0.29) is 24.4 Å². The molecule has 0 aliphatic rings. The molecule has 138 valence electrons. The van der Waals surface area contributed by atoms with Gasteiger partial charge in [0, 0.05) is 19.0 Å². The van der Waals surface area contributed by atoms with Gasteiger partial charge in [0.15, 0.2) is 6.61 Å². The Hall–Kier alpha value is -2.96. The topological polar surface area (TPSA) is 75.6 Å². The molecule has 2 rings (SSSR count). The van der Waals surface area contributed by atoms with E-state index in [1.54, 1.807) is 31.2 Å². The average molecular weight is 363 g/mol. The van der Waals surface area contributed by atoms with E-state index in [1.807, 2.05) is 0 Å². The highest BCUT2D eigenvalue weighted by Crippen LogP contribution is 2.22. The van der Waals surface area contributed by atoms with Crippen molar-refractivity contribution in [3.63, 3.8) is 0 Å². The second-order valence-corrected chi connectivity index (χ2v) is 5.88. The second-order valence-electron chi connectivity index (χ2n) is 5.88. The number of amides is 1. The van der Waals surface area contributed by atoms with E-state index in [0.717, 1.165) is 17.7 Å². The lowest BCUT2D eigenvalue weighted by Crippen LogP contribution is -2.24. The summed E-state index contributed by atoms with van der Waals surface area (Å²) in [5.74, 6) is -2.70. The van der Waals surface area contributed by atoms with Gasteiger partial charge >= 0.3 is 5.97 Å². The van der Waals surface area contributed by atoms with Crippen molar-refractivity contribution in [2.45, 2.75) is 25.8 Å². The predicted molar refractivity (Wildman–Crippen MR) is 90.8 cm³/mol. The van der Waals surface area contributed by atoms with Crippen molar-refractivity contribution in [1.29, 1.82) is 0 Å². The Morgan fingerprint density at radius 2 is 1.96 bits per heavy atom. The van der Waals surface area contributed by atoms with Crippen LogP contribution in [0.15, 0.2) is 42.5 Å².